The molecule has 1 heteroatoms. The molecule has 0 aromatic heterocycles. The van der Waals surface area contributed by atoms with Gasteiger partial charge in [0.15, 0.2) is 0 Å². The summed E-state index contributed by atoms with van der Waals surface area (Å²) < 4.78 is 0. The first kappa shape index (κ1) is 12.6. The molecule has 0 spiro atoms. The normalized spacial score (nSPS) is 28.9. The SMILES string of the molecule is Cc1cccc(C2(C)CCNC2CC(C)C)c1. The number of hydrogen-bond donors (Lipinski definition) is 1. The van der Waals surface area contributed by atoms with Crippen LogP contribution in [0.25, 0.3) is 0 Å². The van der Waals surface area contributed by atoms with Gasteiger partial charge < -0.3 is 5.32 Å². The predicted octanol–water partition coefficient (Wildman–Crippen LogP) is 3.66. The van der Waals surface area contributed by atoms with Crippen molar-refractivity contribution in [2.75, 3.05) is 6.54 Å². The van der Waals surface area contributed by atoms with Gasteiger partial charge in [-0.15, -0.1) is 0 Å². The van der Waals surface area contributed by atoms with Gasteiger partial charge in [-0.05, 0) is 37.8 Å². The second-order valence-electron chi connectivity index (χ2n) is 6.17. The van der Waals surface area contributed by atoms with Crippen LogP contribution < -0.4 is 5.32 Å². The minimum absolute atomic E-state index is 0.316. The molecule has 0 amide bonds. The van der Waals surface area contributed by atoms with Crippen LogP contribution in [0.1, 0.15) is 44.7 Å². The Morgan fingerprint density at radius 1 is 1.41 bits per heavy atom. The number of benzene rings is 1. The number of aryl methyl sites for hydroxylation is 1. The van der Waals surface area contributed by atoms with Crippen molar-refractivity contribution in [1.29, 1.82) is 0 Å². The molecular formula is C16H25N. The van der Waals surface area contributed by atoms with Gasteiger partial charge in [0.05, 0.1) is 0 Å². The molecule has 0 radical (unpaired) electrons. The van der Waals surface area contributed by atoms with Crippen LogP contribution in [0.5, 0.6) is 0 Å². The molecule has 0 aliphatic carbocycles. The molecule has 1 nitrogen and oxygen atoms in total. The summed E-state index contributed by atoms with van der Waals surface area (Å²) in [5.41, 5.74) is 3.20. The Labute approximate surface area is 106 Å². The van der Waals surface area contributed by atoms with Crippen LogP contribution in [0.4, 0.5) is 0 Å². The molecule has 0 saturated carbocycles. The summed E-state index contributed by atoms with van der Waals surface area (Å²) in [6.07, 6.45) is 2.53. The predicted molar refractivity (Wildman–Crippen MR) is 74.4 cm³/mol. The molecule has 2 rings (SSSR count). The highest BCUT2D eigenvalue weighted by Crippen LogP contribution is 2.37. The van der Waals surface area contributed by atoms with Crippen LogP contribution in [-0.4, -0.2) is 12.6 Å². The van der Waals surface area contributed by atoms with E-state index in [1.54, 1.807) is 0 Å². The van der Waals surface area contributed by atoms with E-state index in [0.717, 1.165) is 12.5 Å². The zero-order valence-corrected chi connectivity index (χ0v) is 11.6. The molecule has 1 saturated heterocycles. The van der Waals surface area contributed by atoms with E-state index in [2.05, 4.69) is 57.3 Å². The van der Waals surface area contributed by atoms with Gasteiger partial charge in [0.1, 0.15) is 0 Å². The largest absolute Gasteiger partial charge is 0.313 e. The first-order valence-corrected chi connectivity index (χ1v) is 6.83. The fraction of sp³-hybridized carbons (Fsp3) is 0.625. The molecule has 1 aliphatic heterocycles. The Bertz CT molecular complexity index is 383. The monoisotopic (exact) mass is 231 g/mol. The van der Waals surface area contributed by atoms with Gasteiger partial charge >= 0.3 is 0 Å². The zero-order valence-electron chi connectivity index (χ0n) is 11.6. The average molecular weight is 231 g/mol. The molecule has 2 atom stereocenters. The lowest BCUT2D eigenvalue weighted by atomic mass is 9.73. The molecule has 1 fully saturated rings. The highest BCUT2D eigenvalue weighted by molar-refractivity contribution is 5.32. The van der Waals surface area contributed by atoms with Gasteiger partial charge in [0.25, 0.3) is 0 Å². The van der Waals surface area contributed by atoms with E-state index < -0.39 is 0 Å². The summed E-state index contributed by atoms with van der Waals surface area (Å²) in [5.74, 6) is 0.759. The highest BCUT2D eigenvalue weighted by Gasteiger charge is 2.39. The molecule has 2 unspecified atom stereocenters. The second kappa shape index (κ2) is 4.81. The minimum Gasteiger partial charge on any atom is -0.313 e. The molecule has 1 heterocycles. The Morgan fingerprint density at radius 3 is 2.82 bits per heavy atom. The summed E-state index contributed by atoms with van der Waals surface area (Å²) in [4.78, 5) is 0. The number of rotatable bonds is 3. The Hall–Kier alpha value is -0.820. The van der Waals surface area contributed by atoms with E-state index in [1.807, 2.05) is 0 Å². The van der Waals surface area contributed by atoms with Gasteiger partial charge in [-0.25, -0.2) is 0 Å². The maximum Gasteiger partial charge on any atom is 0.0164 e. The van der Waals surface area contributed by atoms with Crippen LogP contribution in [0, 0.1) is 12.8 Å². The molecule has 1 aromatic rings. The topological polar surface area (TPSA) is 12.0 Å². The number of hydrogen-bond acceptors (Lipinski definition) is 1. The molecule has 1 aliphatic rings. The van der Waals surface area contributed by atoms with Gasteiger partial charge in [0, 0.05) is 11.5 Å². The number of nitrogens with one attached hydrogen (secondary N) is 1. The van der Waals surface area contributed by atoms with Crippen molar-refractivity contribution in [3.05, 3.63) is 35.4 Å². The van der Waals surface area contributed by atoms with Crippen molar-refractivity contribution in [2.24, 2.45) is 5.92 Å². The Balaban J connectivity index is 2.27. The lowest BCUT2D eigenvalue weighted by molar-refractivity contribution is 0.344. The molecule has 1 N–H and O–H groups in total. The van der Waals surface area contributed by atoms with Crippen molar-refractivity contribution in [3.8, 4) is 0 Å². The lowest BCUT2D eigenvalue weighted by Crippen LogP contribution is -2.39. The summed E-state index contributed by atoms with van der Waals surface area (Å²) in [6, 6.07) is 9.67. The fourth-order valence-electron chi connectivity index (χ4n) is 3.07. The first-order valence-electron chi connectivity index (χ1n) is 6.83. The van der Waals surface area contributed by atoms with Gasteiger partial charge in [-0.2, -0.15) is 0 Å². The van der Waals surface area contributed by atoms with Crippen molar-refractivity contribution in [2.45, 2.75) is 52.0 Å². The van der Waals surface area contributed by atoms with E-state index in [4.69, 9.17) is 0 Å². The van der Waals surface area contributed by atoms with Crippen LogP contribution in [-0.2, 0) is 5.41 Å². The molecular weight excluding hydrogens is 206 g/mol. The van der Waals surface area contributed by atoms with E-state index in [0.29, 0.717) is 11.5 Å². The lowest BCUT2D eigenvalue weighted by Gasteiger charge is -2.33. The molecule has 0 bridgehead atoms. The van der Waals surface area contributed by atoms with E-state index in [1.165, 1.54) is 24.0 Å². The van der Waals surface area contributed by atoms with Crippen molar-refractivity contribution in [3.63, 3.8) is 0 Å². The van der Waals surface area contributed by atoms with Gasteiger partial charge in [-0.3, -0.25) is 0 Å². The van der Waals surface area contributed by atoms with Gasteiger partial charge in [0.2, 0.25) is 0 Å². The highest BCUT2D eigenvalue weighted by atomic mass is 15.0. The van der Waals surface area contributed by atoms with Crippen LogP contribution in [0.2, 0.25) is 0 Å². The second-order valence-corrected chi connectivity index (χ2v) is 6.17. The zero-order chi connectivity index (χ0) is 12.5. The third-order valence-electron chi connectivity index (χ3n) is 4.19. The fourth-order valence-corrected chi connectivity index (χ4v) is 3.07. The molecule has 17 heavy (non-hydrogen) atoms. The Kier molecular flexibility index (Phi) is 3.58. The standard InChI is InChI=1S/C16H25N/c1-12(2)10-15-16(4,8-9-17-15)14-7-5-6-13(3)11-14/h5-7,11-12,15,17H,8-10H2,1-4H3. The maximum atomic E-state index is 3.70. The van der Waals surface area contributed by atoms with Gasteiger partial charge in [-0.1, -0.05) is 50.6 Å². The quantitative estimate of drug-likeness (QED) is 0.837. The third kappa shape index (κ3) is 2.55. The van der Waals surface area contributed by atoms with Crippen LogP contribution >= 0.6 is 0 Å². The minimum atomic E-state index is 0.316. The van der Waals surface area contributed by atoms with E-state index in [-0.39, 0.29) is 0 Å². The van der Waals surface area contributed by atoms with Crippen molar-refractivity contribution in [1.82, 2.24) is 5.32 Å². The van der Waals surface area contributed by atoms with E-state index in [9.17, 15) is 0 Å². The van der Waals surface area contributed by atoms with Crippen LogP contribution in [0.15, 0.2) is 24.3 Å². The van der Waals surface area contributed by atoms with Crippen molar-refractivity contribution >= 4 is 0 Å². The summed E-state index contributed by atoms with van der Waals surface area (Å²) >= 11 is 0. The first-order chi connectivity index (χ1) is 8.02. The summed E-state index contributed by atoms with van der Waals surface area (Å²) in [6.45, 7) is 10.4. The molecule has 94 valence electrons. The average Bonchev–Trinajstić information content (AvgIpc) is 2.61. The smallest absolute Gasteiger partial charge is 0.0164 e. The summed E-state index contributed by atoms with van der Waals surface area (Å²) in [5, 5.41) is 3.70. The third-order valence-corrected chi connectivity index (χ3v) is 4.19. The summed E-state index contributed by atoms with van der Waals surface area (Å²) in [7, 11) is 0. The maximum absolute atomic E-state index is 3.70. The van der Waals surface area contributed by atoms with E-state index >= 15 is 0 Å². The van der Waals surface area contributed by atoms with Crippen LogP contribution in [0.3, 0.4) is 0 Å². The van der Waals surface area contributed by atoms with Crippen molar-refractivity contribution < 1.29 is 0 Å². The Morgan fingerprint density at radius 2 is 2.18 bits per heavy atom. The molecule has 1 aromatic carbocycles.